The molecule has 2 fully saturated rings. The second kappa shape index (κ2) is 5.94. The van der Waals surface area contributed by atoms with Crippen LogP contribution in [0.3, 0.4) is 0 Å². The maximum absolute atomic E-state index is 5.97. The number of aryl methyl sites for hydroxylation is 1. The number of hydrogen-bond donors (Lipinski definition) is 1. The van der Waals surface area contributed by atoms with Crippen LogP contribution in [0.15, 0.2) is 24.3 Å². The number of nitrogens with one attached hydrogen (secondary N) is 1. The van der Waals surface area contributed by atoms with E-state index in [1.807, 2.05) is 0 Å². The molecule has 2 saturated heterocycles. The van der Waals surface area contributed by atoms with Gasteiger partial charge in [0.2, 0.25) is 0 Å². The third-order valence-electron chi connectivity index (χ3n) is 4.14. The summed E-state index contributed by atoms with van der Waals surface area (Å²) in [6.45, 7) is 3.00. The number of ether oxygens (including phenoxy) is 1. The zero-order valence-corrected chi connectivity index (χ0v) is 11.7. The first-order chi connectivity index (χ1) is 8.31. The van der Waals surface area contributed by atoms with Crippen molar-refractivity contribution in [3.8, 4) is 5.75 Å². The van der Waals surface area contributed by atoms with Crippen LogP contribution < -0.4 is 10.1 Å². The molecule has 1 aromatic rings. The summed E-state index contributed by atoms with van der Waals surface area (Å²) < 4.78 is 5.97. The minimum absolute atomic E-state index is 0. The number of hydrogen-bond acceptors (Lipinski definition) is 2. The topological polar surface area (TPSA) is 21.3 Å². The van der Waals surface area contributed by atoms with Crippen molar-refractivity contribution in [1.29, 1.82) is 0 Å². The first-order valence-electron chi connectivity index (χ1n) is 6.76. The summed E-state index contributed by atoms with van der Waals surface area (Å²) in [7, 11) is 0. The van der Waals surface area contributed by atoms with Gasteiger partial charge in [-0.25, -0.2) is 0 Å². The van der Waals surface area contributed by atoms with Crippen LogP contribution in [0.1, 0.15) is 31.2 Å². The molecular weight excluding hydrogens is 246 g/mol. The molecular formula is C15H22ClNO. The summed E-state index contributed by atoms with van der Waals surface area (Å²) in [6, 6.07) is 9.83. The summed E-state index contributed by atoms with van der Waals surface area (Å²) in [5.74, 6) is 1.80. The number of halogens is 1. The molecule has 0 unspecified atom stereocenters. The average Bonchev–Trinajstić information content (AvgIpc) is 2.68. The van der Waals surface area contributed by atoms with Crippen molar-refractivity contribution in [2.45, 2.75) is 44.7 Å². The molecule has 18 heavy (non-hydrogen) atoms. The van der Waals surface area contributed by atoms with Gasteiger partial charge in [0.05, 0.1) is 6.61 Å². The molecule has 1 N–H and O–H groups in total. The van der Waals surface area contributed by atoms with Gasteiger partial charge in [-0.3, -0.25) is 0 Å². The molecule has 100 valence electrons. The Hall–Kier alpha value is -0.730. The normalized spacial score (nSPS) is 29.7. The molecule has 0 radical (unpaired) electrons. The third kappa shape index (κ3) is 2.99. The number of benzene rings is 1. The van der Waals surface area contributed by atoms with Gasteiger partial charge in [-0.15, -0.1) is 12.4 Å². The minimum atomic E-state index is 0. The third-order valence-corrected chi connectivity index (χ3v) is 4.14. The molecule has 0 aliphatic carbocycles. The van der Waals surface area contributed by atoms with Gasteiger partial charge in [0, 0.05) is 12.1 Å². The van der Waals surface area contributed by atoms with E-state index in [1.54, 1.807) is 0 Å². The van der Waals surface area contributed by atoms with E-state index in [0.29, 0.717) is 0 Å². The molecule has 0 amide bonds. The van der Waals surface area contributed by atoms with Gasteiger partial charge in [0.25, 0.3) is 0 Å². The standard InChI is InChI=1S/C15H21NO.ClH/c1-11-4-2-3-5-15(11)17-10-12-8-13-6-7-14(9-12)16-13;/h2-5,12-14,16H,6-10H2,1H3;1H/t12-,13+,14-;. The van der Waals surface area contributed by atoms with Crippen LogP contribution in [-0.4, -0.2) is 18.7 Å². The fourth-order valence-electron chi connectivity index (χ4n) is 3.24. The van der Waals surface area contributed by atoms with Crippen molar-refractivity contribution in [2.24, 2.45) is 5.92 Å². The highest BCUT2D eigenvalue weighted by molar-refractivity contribution is 5.85. The molecule has 1 aromatic carbocycles. The highest BCUT2D eigenvalue weighted by atomic mass is 35.5. The van der Waals surface area contributed by atoms with Crippen LogP contribution in [-0.2, 0) is 0 Å². The Kier molecular flexibility index (Phi) is 4.52. The van der Waals surface area contributed by atoms with Crippen LogP contribution in [0.2, 0.25) is 0 Å². The Labute approximate surface area is 116 Å². The molecule has 3 rings (SSSR count). The second-order valence-corrected chi connectivity index (χ2v) is 5.55. The van der Waals surface area contributed by atoms with Crippen LogP contribution in [0.5, 0.6) is 5.75 Å². The molecule has 0 aromatic heterocycles. The number of rotatable bonds is 3. The predicted molar refractivity (Wildman–Crippen MR) is 76.6 cm³/mol. The van der Waals surface area contributed by atoms with Gasteiger partial charge >= 0.3 is 0 Å². The lowest BCUT2D eigenvalue weighted by molar-refractivity contribution is 0.189. The summed E-state index contributed by atoms with van der Waals surface area (Å²) >= 11 is 0. The van der Waals surface area contributed by atoms with Gasteiger partial charge in [-0.2, -0.15) is 0 Å². The van der Waals surface area contributed by atoms with E-state index in [-0.39, 0.29) is 12.4 Å². The summed E-state index contributed by atoms with van der Waals surface area (Å²) in [4.78, 5) is 0. The van der Waals surface area contributed by atoms with E-state index in [0.717, 1.165) is 30.4 Å². The lowest BCUT2D eigenvalue weighted by Crippen LogP contribution is -2.39. The molecule has 2 aliphatic heterocycles. The van der Waals surface area contributed by atoms with Crippen molar-refractivity contribution in [2.75, 3.05) is 6.61 Å². The van der Waals surface area contributed by atoms with E-state index >= 15 is 0 Å². The number of fused-ring (bicyclic) bond motifs is 2. The largest absolute Gasteiger partial charge is 0.493 e. The zero-order valence-electron chi connectivity index (χ0n) is 10.9. The quantitative estimate of drug-likeness (QED) is 0.907. The Balaban J connectivity index is 0.00000120. The van der Waals surface area contributed by atoms with Gasteiger partial charge < -0.3 is 10.1 Å². The second-order valence-electron chi connectivity index (χ2n) is 5.55. The summed E-state index contributed by atoms with van der Waals surface area (Å²) in [5.41, 5.74) is 1.24. The molecule has 2 aliphatic rings. The SMILES string of the molecule is Cc1ccccc1OC[C@H]1C[C@H]2CC[C@@H](C1)N2.Cl. The van der Waals surface area contributed by atoms with Crippen molar-refractivity contribution in [3.63, 3.8) is 0 Å². The highest BCUT2D eigenvalue weighted by Crippen LogP contribution is 2.31. The van der Waals surface area contributed by atoms with Crippen molar-refractivity contribution >= 4 is 12.4 Å². The molecule has 3 heteroatoms. The van der Waals surface area contributed by atoms with Crippen LogP contribution in [0.4, 0.5) is 0 Å². The fourth-order valence-corrected chi connectivity index (χ4v) is 3.24. The predicted octanol–water partition coefficient (Wildman–Crippen LogP) is 3.33. The van der Waals surface area contributed by atoms with Crippen molar-refractivity contribution in [1.82, 2.24) is 5.32 Å². The van der Waals surface area contributed by atoms with Crippen molar-refractivity contribution in [3.05, 3.63) is 29.8 Å². The van der Waals surface area contributed by atoms with Gasteiger partial charge in [-0.1, -0.05) is 18.2 Å². The number of piperidine rings is 1. The molecule has 3 atom stereocenters. The highest BCUT2D eigenvalue weighted by Gasteiger charge is 2.33. The first kappa shape index (κ1) is 13.7. The lowest BCUT2D eigenvalue weighted by Gasteiger charge is -2.29. The van der Waals surface area contributed by atoms with Gasteiger partial charge in [0.1, 0.15) is 5.75 Å². The molecule has 0 saturated carbocycles. The Morgan fingerprint density at radius 3 is 2.50 bits per heavy atom. The van der Waals surface area contributed by atoms with Crippen LogP contribution in [0, 0.1) is 12.8 Å². The van der Waals surface area contributed by atoms with E-state index < -0.39 is 0 Å². The maximum Gasteiger partial charge on any atom is 0.122 e. The summed E-state index contributed by atoms with van der Waals surface area (Å²) in [5, 5.41) is 3.67. The summed E-state index contributed by atoms with van der Waals surface area (Å²) in [6.07, 6.45) is 5.32. The van der Waals surface area contributed by atoms with Crippen molar-refractivity contribution < 1.29 is 4.74 Å². The molecule has 2 heterocycles. The van der Waals surface area contributed by atoms with Crippen LogP contribution in [0.25, 0.3) is 0 Å². The van der Waals surface area contributed by atoms with E-state index in [1.165, 1.54) is 31.2 Å². The zero-order chi connectivity index (χ0) is 11.7. The Morgan fingerprint density at radius 2 is 1.83 bits per heavy atom. The van der Waals surface area contributed by atoms with Gasteiger partial charge in [-0.05, 0) is 50.2 Å². The minimum Gasteiger partial charge on any atom is -0.493 e. The number of para-hydroxylation sites is 1. The van der Waals surface area contributed by atoms with E-state index in [9.17, 15) is 0 Å². The molecule has 2 nitrogen and oxygen atoms in total. The monoisotopic (exact) mass is 267 g/mol. The van der Waals surface area contributed by atoms with E-state index in [4.69, 9.17) is 4.74 Å². The Bertz CT molecular complexity index is 384. The fraction of sp³-hybridized carbons (Fsp3) is 0.600. The molecule has 0 spiro atoms. The first-order valence-corrected chi connectivity index (χ1v) is 6.76. The maximum atomic E-state index is 5.97. The molecule has 2 bridgehead atoms. The smallest absolute Gasteiger partial charge is 0.122 e. The lowest BCUT2D eigenvalue weighted by atomic mass is 9.93. The average molecular weight is 268 g/mol. The van der Waals surface area contributed by atoms with E-state index in [2.05, 4.69) is 36.5 Å². The van der Waals surface area contributed by atoms with Crippen LogP contribution >= 0.6 is 12.4 Å². The Morgan fingerprint density at radius 1 is 1.17 bits per heavy atom. The van der Waals surface area contributed by atoms with Gasteiger partial charge in [0.15, 0.2) is 0 Å².